The summed E-state index contributed by atoms with van der Waals surface area (Å²) in [5.41, 5.74) is 1.20. The van der Waals surface area contributed by atoms with Crippen molar-refractivity contribution in [2.75, 3.05) is 0 Å². The number of hydrogen-bond donors (Lipinski definition) is 0. The van der Waals surface area contributed by atoms with Crippen LogP contribution in [0.15, 0.2) is 10.6 Å². The number of halogens is 1. The zero-order valence-corrected chi connectivity index (χ0v) is 6.26. The standard InChI is InChI=1S/C7H12Cl/c1-4-5-6(2)7(3)8/h3-5H2,1-2H3. The van der Waals surface area contributed by atoms with Crippen molar-refractivity contribution >= 4 is 11.6 Å². The van der Waals surface area contributed by atoms with E-state index >= 15 is 0 Å². The minimum atomic E-state index is 0.701. The van der Waals surface area contributed by atoms with E-state index in [1.54, 1.807) is 0 Å². The average molecular weight is 132 g/mol. The van der Waals surface area contributed by atoms with Crippen LogP contribution in [0.3, 0.4) is 0 Å². The monoisotopic (exact) mass is 131 g/mol. The molecule has 0 aromatic carbocycles. The summed E-state index contributed by atoms with van der Waals surface area (Å²) in [5, 5.41) is 0.701. The molecule has 8 heavy (non-hydrogen) atoms. The Balaban J connectivity index is 3.62. The molecule has 1 heteroatoms. The first kappa shape index (κ1) is 8.03. The molecule has 0 amide bonds. The van der Waals surface area contributed by atoms with Gasteiger partial charge in [-0.1, -0.05) is 30.5 Å². The minimum absolute atomic E-state index is 0.701. The summed E-state index contributed by atoms with van der Waals surface area (Å²) in [4.78, 5) is 0. The van der Waals surface area contributed by atoms with Gasteiger partial charge in [0.05, 0.1) is 0 Å². The minimum Gasteiger partial charge on any atom is -0.0892 e. The van der Waals surface area contributed by atoms with E-state index in [0.29, 0.717) is 5.03 Å². The van der Waals surface area contributed by atoms with E-state index in [1.807, 2.05) is 6.92 Å². The van der Waals surface area contributed by atoms with Gasteiger partial charge in [0.1, 0.15) is 0 Å². The van der Waals surface area contributed by atoms with Gasteiger partial charge in [0, 0.05) is 5.03 Å². The third-order valence-electron chi connectivity index (χ3n) is 1.09. The lowest BCUT2D eigenvalue weighted by molar-refractivity contribution is 0.903. The summed E-state index contributed by atoms with van der Waals surface area (Å²) in [7, 11) is 0. The fourth-order valence-electron chi connectivity index (χ4n) is 0.511. The lowest BCUT2D eigenvalue weighted by Crippen LogP contribution is -1.75. The van der Waals surface area contributed by atoms with E-state index in [9.17, 15) is 0 Å². The normalized spacial score (nSPS) is 13.5. The average Bonchev–Trinajstić information content (AvgIpc) is 1.67. The van der Waals surface area contributed by atoms with E-state index in [4.69, 9.17) is 11.6 Å². The van der Waals surface area contributed by atoms with Crippen LogP contribution in [0.25, 0.3) is 0 Å². The van der Waals surface area contributed by atoms with Crippen LogP contribution in [0.4, 0.5) is 0 Å². The van der Waals surface area contributed by atoms with Gasteiger partial charge in [-0.25, -0.2) is 0 Å². The van der Waals surface area contributed by atoms with Gasteiger partial charge in [-0.3, -0.25) is 0 Å². The molecule has 0 saturated heterocycles. The first-order valence-electron chi connectivity index (χ1n) is 2.85. The maximum Gasteiger partial charge on any atom is 0.0173 e. The molecule has 0 nitrogen and oxygen atoms in total. The van der Waals surface area contributed by atoms with Crippen LogP contribution in [0.5, 0.6) is 0 Å². The zero-order chi connectivity index (χ0) is 6.57. The van der Waals surface area contributed by atoms with Crippen LogP contribution in [-0.2, 0) is 0 Å². The molecule has 0 heterocycles. The summed E-state index contributed by atoms with van der Waals surface area (Å²) in [6.07, 6.45) is 2.22. The van der Waals surface area contributed by atoms with E-state index in [1.165, 1.54) is 5.57 Å². The number of allylic oxidation sites excluding steroid dienone is 2. The summed E-state index contributed by atoms with van der Waals surface area (Å²) in [5.74, 6) is 0. The molecule has 1 radical (unpaired) electrons. The van der Waals surface area contributed by atoms with Crippen molar-refractivity contribution in [1.82, 2.24) is 0 Å². The lowest BCUT2D eigenvalue weighted by atomic mass is 10.2. The fourth-order valence-corrected chi connectivity index (χ4v) is 0.605. The Morgan fingerprint density at radius 2 is 2.12 bits per heavy atom. The van der Waals surface area contributed by atoms with E-state index in [2.05, 4.69) is 13.8 Å². The van der Waals surface area contributed by atoms with E-state index < -0.39 is 0 Å². The number of hydrogen-bond acceptors (Lipinski definition) is 0. The molecular formula is C7H12Cl. The Hall–Kier alpha value is 0.0300. The Kier molecular flexibility index (Phi) is 3.98. The molecular weight excluding hydrogens is 120 g/mol. The first-order valence-corrected chi connectivity index (χ1v) is 3.23. The molecule has 0 bridgehead atoms. The maximum absolute atomic E-state index is 5.58. The molecule has 0 unspecified atom stereocenters. The van der Waals surface area contributed by atoms with Crippen LogP contribution in [0.2, 0.25) is 0 Å². The van der Waals surface area contributed by atoms with Gasteiger partial charge in [0.25, 0.3) is 0 Å². The molecule has 0 aliphatic rings. The van der Waals surface area contributed by atoms with Gasteiger partial charge in [-0.2, -0.15) is 0 Å². The molecule has 0 N–H and O–H groups in total. The van der Waals surface area contributed by atoms with Gasteiger partial charge >= 0.3 is 0 Å². The smallest absolute Gasteiger partial charge is 0.0173 e. The Bertz CT molecular complexity index is 88.6. The Morgan fingerprint density at radius 1 is 1.62 bits per heavy atom. The Morgan fingerprint density at radius 3 is 2.25 bits per heavy atom. The van der Waals surface area contributed by atoms with Crippen molar-refractivity contribution in [3.63, 3.8) is 0 Å². The van der Waals surface area contributed by atoms with Crippen LogP contribution >= 0.6 is 11.6 Å². The van der Waals surface area contributed by atoms with Crippen molar-refractivity contribution in [2.45, 2.75) is 26.7 Å². The second-order valence-electron chi connectivity index (χ2n) is 1.94. The van der Waals surface area contributed by atoms with Crippen molar-refractivity contribution < 1.29 is 0 Å². The largest absolute Gasteiger partial charge is 0.0892 e. The van der Waals surface area contributed by atoms with Gasteiger partial charge in [0.2, 0.25) is 0 Å². The highest BCUT2D eigenvalue weighted by Gasteiger charge is 1.89. The second-order valence-corrected chi connectivity index (χ2v) is 2.39. The van der Waals surface area contributed by atoms with Gasteiger partial charge < -0.3 is 0 Å². The van der Waals surface area contributed by atoms with Crippen molar-refractivity contribution in [3.05, 3.63) is 17.5 Å². The molecule has 0 aromatic rings. The van der Waals surface area contributed by atoms with Crippen LogP contribution in [0.1, 0.15) is 26.7 Å². The summed E-state index contributed by atoms with van der Waals surface area (Å²) >= 11 is 5.58. The second kappa shape index (κ2) is 3.96. The quantitative estimate of drug-likeness (QED) is 0.540. The third-order valence-corrected chi connectivity index (χ3v) is 1.41. The van der Waals surface area contributed by atoms with Crippen LogP contribution < -0.4 is 0 Å². The van der Waals surface area contributed by atoms with Crippen molar-refractivity contribution in [2.24, 2.45) is 0 Å². The lowest BCUT2D eigenvalue weighted by Gasteiger charge is -1.96. The summed E-state index contributed by atoms with van der Waals surface area (Å²) < 4.78 is 0. The molecule has 0 saturated carbocycles. The Labute approximate surface area is 56.5 Å². The zero-order valence-electron chi connectivity index (χ0n) is 5.50. The predicted molar refractivity (Wildman–Crippen MR) is 38.8 cm³/mol. The van der Waals surface area contributed by atoms with Crippen molar-refractivity contribution in [3.8, 4) is 0 Å². The maximum atomic E-state index is 5.58. The molecule has 0 aliphatic heterocycles. The number of rotatable bonds is 2. The van der Waals surface area contributed by atoms with Gasteiger partial charge in [-0.05, 0) is 20.3 Å². The summed E-state index contributed by atoms with van der Waals surface area (Å²) in [6, 6.07) is 0. The molecule has 0 fully saturated rings. The summed E-state index contributed by atoms with van der Waals surface area (Å²) in [6.45, 7) is 7.74. The van der Waals surface area contributed by atoms with Gasteiger partial charge in [0.15, 0.2) is 0 Å². The third kappa shape index (κ3) is 3.09. The highest BCUT2D eigenvalue weighted by molar-refractivity contribution is 6.30. The molecule has 0 aliphatic carbocycles. The topological polar surface area (TPSA) is 0 Å². The van der Waals surface area contributed by atoms with Crippen molar-refractivity contribution in [1.29, 1.82) is 0 Å². The van der Waals surface area contributed by atoms with Gasteiger partial charge in [-0.15, -0.1) is 0 Å². The highest BCUT2D eigenvalue weighted by atomic mass is 35.5. The predicted octanol–water partition coefficient (Wildman–Crippen LogP) is 3.13. The highest BCUT2D eigenvalue weighted by Crippen LogP contribution is 2.11. The van der Waals surface area contributed by atoms with E-state index in [-0.39, 0.29) is 0 Å². The first-order chi connectivity index (χ1) is 3.68. The van der Waals surface area contributed by atoms with Crippen LogP contribution in [-0.4, -0.2) is 0 Å². The molecule has 0 aromatic heterocycles. The SMILES string of the molecule is [CH2]C(Cl)=C(C)CCC. The fraction of sp³-hybridized carbons (Fsp3) is 0.571. The molecule has 47 valence electrons. The molecule has 0 rings (SSSR count). The van der Waals surface area contributed by atoms with E-state index in [0.717, 1.165) is 12.8 Å². The van der Waals surface area contributed by atoms with Crippen LogP contribution in [0, 0.1) is 6.92 Å². The molecule has 0 atom stereocenters. The molecule has 0 spiro atoms.